The van der Waals surface area contributed by atoms with Crippen LogP contribution in [-0.2, 0) is 20.1 Å². The van der Waals surface area contributed by atoms with Crippen LogP contribution in [-0.4, -0.2) is 11.4 Å². The summed E-state index contributed by atoms with van der Waals surface area (Å²) in [5.41, 5.74) is 2.48. The molecule has 3 rings (SSSR count). The highest BCUT2D eigenvalue weighted by molar-refractivity contribution is 5.44. The van der Waals surface area contributed by atoms with Gasteiger partial charge in [0.1, 0.15) is 0 Å². The van der Waals surface area contributed by atoms with Crippen molar-refractivity contribution in [1.82, 2.24) is 9.88 Å². The molecule has 4 nitrogen and oxygen atoms in total. The van der Waals surface area contributed by atoms with Crippen molar-refractivity contribution in [3.63, 3.8) is 0 Å². The van der Waals surface area contributed by atoms with E-state index in [1.807, 2.05) is 12.1 Å². The predicted molar refractivity (Wildman–Crippen MR) is 68.5 cm³/mol. The van der Waals surface area contributed by atoms with Crippen LogP contribution in [0.5, 0.6) is 11.5 Å². The molecule has 2 aromatic rings. The summed E-state index contributed by atoms with van der Waals surface area (Å²) in [6.45, 7) is 2.01. The van der Waals surface area contributed by atoms with Crippen LogP contribution >= 0.6 is 0 Å². The first kappa shape index (κ1) is 11.2. The molecule has 4 heteroatoms. The third kappa shape index (κ3) is 2.19. The van der Waals surface area contributed by atoms with Crippen LogP contribution in [0.15, 0.2) is 36.5 Å². The Morgan fingerprint density at radius 1 is 1.17 bits per heavy atom. The summed E-state index contributed by atoms with van der Waals surface area (Å²) in [5, 5.41) is 3.42. The summed E-state index contributed by atoms with van der Waals surface area (Å²) >= 11 is 0. The van der Waals surface area contributed by atoms with E-state index in [1.54, 1.807) is 0 Å². The number of hydrogen-bond acceptors (Lipinski definition) is 3. The molecule has 0 atom stereocenters. The van der Waals surface area contributed by atoms with Crippen LogP contribution in [0.3, 0.4) is 0 Å². The molecular formula is C14H16N2O2. The lowest BCUT2D eigenvalue weighted by Crippen LogP contribution is -2.14. The van der Waals surface area contributed by atoms with Crippen LogP contribution in [0, 0.1) is 0 Å². The van der Waals surface area contributed by atoms with Crippen molar-refractivity contribution in [2.24, 2.45) is 7.05 Å². The van der Waals surface area contributed by atoms with Gasteiger partial charge in [-0.15, -0.1) is 0 Å². The molecule has 0 bridgehead atoms. The largest absolute Gasteiger partial charge is 0.454 e. The van der Waals surface area contributed by atoms with Crippen molar-refractivity contribution in [2.75, 3.05) is 6.79 Å². The number of hydrogen-bond donors (Lipinski definition) is 1. The van der Waals surface area contributed by atoms with Crippen LogP contribution in [0.2, 0.25) is 0 Å². The van der Waals surface area contributed by atoms with E-state index in [2.05, 4.69) is 41.3 Å². The summed E-state index contributed by atoms with van der Waals surface area (Å²) in [6.07, 6.45) is 2.05. The highest BCUT2D eigenvalue weighted by atomic mass is 16.7. The summed E-state index contributed by atoms with van der Waals surface area (Å²) in [6, 6.07) is 10.2. The van der Waals surface area contributed by atoms with E-state index < -0.39 is 0 Å². The molecule has 2 heterocycles. The molecule has 0 saturated carbocycles. The highest BCUT2D eigenvalue weighted by Gasteiger charge is 2.12. The fourth-order valence-electron chi connectivity index (χ4n) is 2.07. The van der Waals surface area contributed by atoms with E-state index >= 15 is 0 Å². The van der Waals surface area contributed by atoms with Gasteiger partial charge in [-0.3, -0.25) is 0 Å². The lowest BCUT2D eigenvalue weighted by Gasteiger charge is -2.07. The average Bonchev–Trinajstić information content (AvgIpc) is 2.98. The van der Waals surface area contributed by atoms with Crippen molar-refractivity contribution in [3.05, 3.63) is 47.8 Å². The van der Waals surface area contributed by atoms with Crippen molar-refractivity contribution < 1.29 is 9.47 Å². The van der Waals surface area contributed by atoms with E-state index in [0.717, 1.165) is 24.6 Å². The number of nitrogens with zero attached hydrogens (tertiary/aromatic N) is 1. The topological polar surface area (TPSA) is 35.4 Å². The molecule has 0 unspecified atom stereocenters. The van der Waals surface area contributed by atoms with Gasteiger partial charge in [-0.1, -0.05) is 6.07 Å². The maximum Gasteiger partial charge on any atom is 0.231 e. The molecule has 0 saturated heterocycles. The second kappa shape index (κ2) is 4.74. The quantitative estimate of drug-likeness (QED) is 0.894. The first-order valence-electron chi connectivity index (χ1n) is 6.02. The highest BCUT2D eigenvalue weighted by Crippen LogP contribution is 2.32. The van der Waals surface area contributed by atoms with Gasteiger partial charge in [-0.2, -0.15) is 0 Å². The minimum Gasteiger partial charge on any atom is -0.454 e. The molecule has 0 amide bonds. The smallest absolute Gasteiger partial charge is 0.231 e. The van der Waals surface area contributed by atoms with E-state index in [-0.39, 0.29) is 0 Å². The number of rotatable bonds is 4. The number of aromatic nitrogens is 1. The Morgan fingerprint density at radius 2 is 2.06 bits per heavy atom. The zero-order valence-corrected chi connectivity index (χ0v) is 10.3. The number of ether oxygens (including phenoxy) is 2. The minimum absolute atomic E-state index is 0.329. The summed E-state index contributed by atoms with van der Waals surface area (Å²) in [5.74, 6) is 1.68. The Balaban J connectivity index is 1.59. The van der Waals surface area contributed by atoms with Crippen molar-refractivity contribution in [2.45, 2.75) is 13.1 Å². The van der Waals surface area contributed by atoms with Gasteiger partial charge in [-0.05, 0) is 29.8 Å². The number of aryl methyl sites for hydroxylation is 1. The Labute approximate surface area is 106 Å². The number of benzene rings is 1. The van der Waals surface area contributed by atoms with Crippen LogP contribution in [0.25, 0.3) is 0 Å². The van der Waals surface area contributed by atoms with E-state index in [0.29, 0.717) is 6.79 Å². The van der Waals surface area contributed by atoms with Gasteiger partial charge in [0.2, 0.25) is 6.79 Å². The Bertz CT molecular complexity index is 548. The third-order valence-electron chi connectivity index (χ3n) is 3.12. The normalized spacial score (nSPS) is 12.9. The van der Waals surface area contributed by atoms with Gasteiger partial charge in [0.15, 0.2) is 11.5 Å². The van der Waals surface area contributed by atoms with Crippen LogP contribution in [0.1, 0.15) is 11.3 Å². The first-order chi connectivity index (χ1) is 8.83. The Kier molecular flexibility index (Phi) is 2.94. The Morgan fingerprint density at radius 3 is 2.89 bits per heavy atom. The summed E-state index contributed by atoms with van der Waals surface area (Å²) in [7, 11) is 2.05. The molecule has 1 aliphatic heterocycles. The Hall–Kier alpha value is -1.94. The first-order valence-corrected chi connectivity index (χ1v) is 6.02. The molecule has 1 aromatic carbocycles. The summed E-state index contributed by atoms with van der Waals surface area (Å²) < 4.78 is 12.8. The lowest BCUT2D eigenvalue weighted by molar-refractivity contribution is 0.174. The SMILES string of the molecule is Cn1cccc1CNCc1ccc2c(c1)OCO2. The molecule has 0 fully saturated rings. The molecule has 18 heavy (non-hydrogen) atoms. The van der Waals surface area contributed by atoms with E-state index in [4.69, 9.17) is 9.47 Å². The molecular weight excluding hydrogens is 228 g/mol. The zero-order chi connectivity index (χ0) is 12.4. The fraction of sp³-hybridized carbons (Fsp3) is 0.286. The second-order valence-corrected chi connectivity index (χ2v) is 4.40. The number of nitrogens with one attached hydrogen (secondary N) is 1. The lowest BCUT2D eigenvalue weighted by atomic mass is 10.2. The monoisotopic (exact) mass is 244 g/mol. The van der Waals surface area contributed by atoms with Crippen LogP contribution in [0.4, 0.5) is 0 Å². The van der Waals surface area contributed by atoms with E-state index in [1.165, 1.54) is 11.3 Å². The zero-order valence-electron chi connectivity index (χ0n) is 10.3. The molecule has 1 aromatic heterocycles. The number of fused-ring (bicyclic) bond motifs is 1. The second-order valence-electron chi connectivity index (χ2n) is 4.40. The molecule has 1 N–H and O–H groups in total. The molecule has 1 aliphatic rings. The maximum atomic E-state index is 5.36. The minimum atomic E-state index is 0.329. The van der Waals surface area contributed by atoms with Gasteiger partial charge in [0.05, 0.1) is 0 Å². The standard InChI is InChI=1S/C14H16N2O2/c1-16-6-2-3-12(16)9-15-8-11-4-5-13-14(7-11)18-10-17-13/h2-7,15H,8-10H2,1H3. The van der Waals surface area contributed by atoms with E-state index in [9.17, 15) is 0 Å². The van der Waals surface area contributed by atoms with Crippen molar-refractivity contribution in [1.29, 1.82) is 0 Å². The maximum absolute atomic E-state index is 5.36. The van der Waals surface area contributed by atoms with Gasteiger partial charge in [-0.25, -0.2) is 0 Å². The molecule has 94 valence electrons. The van der Waals surface area contributed by atoms with Crippen molar-refractivity contribution >= 4 is 0 Å². The van der Waals surface area contributed by atoms with Crippen molar-refractivity contribution in [3.8, 4) is 11.5 Å². The molecule has 0 spiro atoms. The summed E-state index contributed by atoms with van der Waals surface area (Å²) in [4.78, 5) is 0. The van der Waals surface area contributed by atoms with Gasteiger partial charge in [0, 0.05) is 32.0 Å². The average molecular weight is 244 g/mol. The van der Waals surface area contributed by atoms with Gasteiger partial charge in [0.25, 0.3) is 0 Å². The molecule has 0 aliphatic carbocycles. The predicted octanol–water partition coefficient (Wildman–Crippen LogP) is 2.04. The van der Waals surface area contributed by atoms with Crippen LogP contribution < -0.4 is 14.8 Å². The fourth-order valence-corrected chi connectivity index (χ4v) is 2.07. The molecule has 0 radical (unpaired) electrons. The van der Waals surface area contributed by atoms with Gasteiger partial charge >= 0.3 is 0 Å². The van der Waals surface area contributed by atoms with Gasteiger partial charge < -0.3 is 19.4 Å². The third-order valence-corrected chi connectivity index (χ3v) is 3.12.